The Kier molecular flexibility index (Phi) is 3.91. The van der Waals surface area contributed by atoms with Crippen molar-refractivity contribution in [1.29, 1.82) is 0 Å². The maximum absolute atomic E-state index is 12.2. The third kappa shape index (κ3) is 2.53. The molecule has 108 valence electrons. The summed E-state index contributed by atoms with van der Waals surface area (Å²) >= 11 is 5.02. The van der Waals surface area contributed by atoms with Crippen molar-refractivity contribution in [3.8, 4) is 0 Å². The minimum absolute atomic E-state index is 0.334. The molecule has 2 aromatic rings. The second-order valence-corrected chi connectivity index (χ2v) is 6.64. The van der Waals surface area contributed by atoms with Gasteiger partial charge in [-0.3, -0.25) is 14.5 Å². The van der Waals surface area contributed by atoms with E-state index in [-0.39, 0.29) is 0 Å². The highest BCUT2D eigenvalue weighted by atomic mass is 79.9. The van der Waals surface area contributed by atoms with Crippen LogP contribution in [0.1, 0.15) is 34.4 Å². The van der Waals surface area contributed by atoms with Gasteiger partial charge in [0.15, 0.2) is 0 Å². The molecule has 0 saturated heterocycles. The summed E-state index contributed by atoms with van der Waals surface area (Å²) < 4.78 is 0.753. The first kappa shape index (κ1) is 14.4. The molecule has 4 nitrogen and oxygen atoms in total. The highest BCUT2D eigenvalue weighted by molar-refractivity contribution is 9.10. The summed E-state index contributed by atoms with van der Waals surface area (Å²) in [6.07, 6.45) is 1.99. The van der Waals surface area contributed by atoms with E-state index in [0.717, 1.165) is 28.0 Å². The van der Waals surface area contributed by atoms with Crippen molar-refractivity contribution in [3.05, 3.63) is 44.3 Å². The molecule has 0 atom stereocenters. The fraction of sp³-hybridized carbons (Fsp3) is 0.267. The summed E-state index contributed by atoms with van der Waals surface area (Å²) in [6.45, 7) is 2.44. The van der Waals surface area contributed by atoms with Crippen molar-refractivity contribution in [2.75, 3.05) is 4.90 Å². The number of rotatable bonds is 4. The predicted octanol–water partition coefficient (Wildman–Crippen LogP) is 3.59. The van der Waals surface area contributed by atoms with Gasteiger partial charge < -0.3 is 0 Å². The van der Waals surface area contributed by atoms with Gasteiger partial charge in [0, 0.05) is 9.85 Å². The van der Waals surface area contributed by atoms with Gasteiger partial charge in [0.05, 0.1) is 28.5 Å². The van der Waals surface area contributed by atoms with Crippen LogP contribution in [0.3, 0.4) is 0 Å². The Morgan fingerprint density at radius 2 is 2.14 bits per heavy atom. The lowest BCUT2D eigenvalue weighted by molar-refractivity contribution is -0.114. The Morgan fingerprint density at radius 3 is 2.90 bits per heavy atom. The summed E-state index contributed by atoms with van der Waals surface area (Å²) in [5, 5.41) is 3.02. The molecule has 6 heteroatoms. The SMILES string of the molecule is CCCc1nc(CN2C(=O)C(=O)c3cccc(Br)c32)cs1. The van der Waals surface area contributed by atoms with E-state index in [1.807, 2.05) is 11.4 Å². The number of nitrogens with zero attached hydrogens (tertiary/aromatic N) is 2. The third-order valence-corrected chi connectivity index (χ3v) is 4.92. The Balaban J connectivity index is 1.92. The second-order valence-electron chi connectivity index (χ2n) is 4.84. The summed E-state index contributed by atoms with van der Waals surface area (Å²) in [4.78, 5) is 30.2. The van der Waals surface area contributed by atoms with E-state index in [2.05, 4.69) is 27.8 Å². The Labute approximate surface area is 134 Å². The molecule has 0 radical (unpaired) electrons. The van der Waals surface area contributed by atoms with Crippen LogP contribution in [0.15, 0.2) is 28.1 Å². The first-order valence-electron chi connectivity index (χ1n) is 6.69. The summed E-state index contributed by atoms with van der Waals surface area (Å²) in [6, 6.07) is 5.28. The van der Waals surface area contributed by atoms with E-state index in [9.17, 15) is 9.59 Å². The number of aromatic nitrogens is 1. The molecular weight excluding hydrogens is 352 g/mol. The largest absolute Gasteiger partial charge is 0.299 e. The number of aryl methyl sites for hydroxylation is 1. The van der Waals surface area contributed by atoms with E-state index in [4.69, 9.17) is 0 Å². The molecule has 0 unspecified atom stereocenters. The minimum atomic E-state index is -0.484. The Morgan fingerprint density at radius 1 is 1.33 bits per heavy atom. The molecule has 0 bridgehead atoms. The number of carbonyl (C=O) groups is 2. The van der Waals surface area contributed by atoms with E-state index in [1.54, 1.807) is 23.5 Å². The number of hydrogen-bond acceptors (Lipinski definition) is 4. The summed E-state index contributed by atoms with van der Waals surface area (Å²) in [7, 11) is 0. The summed E-state index contributed by atoms with van der Waals surface area (Å²) in [5.74, 6) is -0.933. The predicted molar refractivity (Wildman–Crippen MR) is 85.8 cm³/mol. The molecule has 1 aromatic carbocycles. The van der Waals surface area contributed by atoms with Crippen molar-refractivity contribution >= 4 is 44.6 Å². The molecule has 21 heavy (non-hydrogen) atoms. The van der Waals surface area contributed by atoms with Crippen molar-refractivity contribution in [2.45, 2.75) is 26.3 Å². The maximum Gasteiger partial charge on any atom is 0.299 e. The number of anilines is 1. The van der Waals surface area contributed by atoms with Gasteiger partial charge in [0.25, 0.3) is 11.7 Å². The molecule has 1 aromatic heterocycles. The maximum atomic E-state index is 12.2. The van der Waals surface area contributed by atoms with Crippen LogP contribution < -0.4 is 4.90 Å². The molecule has 0 aliphatic carbocycles. The lowest BCUT2D eigenvalue weighted by Gasteiger charge is -2.16. The van der Waals surface area contributed by atoms with Crippen LogP contribution in [0.25, 0.3) is 0 Å². The summed E-state index contributed by atoms with van der Waals surface area (Å²) in [5.41, 5.74) is 1.93. The zero-order valence-corrected chi connectivity index (χ0v) is 13.8. The van der Waals surface area contributed by atoms with Gasteiger partial charge in [-0.1, -0.05) is 13.0 Å². The molecular formula is C15H13BrN2O2S. The lowest BCUT2D eigenvalue weighted by Crippen LogP contribution is -2.29. The number of halogens is 1. The monoisotopic (exact) mass is 364 g/mol. The fourth-order valence-electron chi connectivity index (χ4n) is 2.38. The first-order chi connectivity index (χ1) is 10.1. The highest BCUT2D eigenvalue weighted by Crippen LogP contribution is 2.36. The van der Waals surface area contributed by atoms with Gasteiger partial charge in [0.2, 0.25) is 0 Å². The number of amides is 1. The molecule has 1 aliphatic rings. The molecule has 0 fully saturated rings. The smallest absolute Gasteiger partial charge is 0.298 e. The van der Waals surface area contributed by atoms with Crippen LogP contribution in [-0.2, 0) is 17.8 Å². The molecule has 1 amide bonds. The molecule has 0 spiro atoms. The van der Waals surface area contributed by atoms with Crippen LogP contribution in [0.4, 0.5) is 5.69 Å². The number of thiazole rings is 1. The number of para-hydroxylation sites is 1. The first-order valence-corrected chi connectivity index (χ1v) is 8.37. The van der Waals surface area contributed by atoms with Crippen LogP contribution in [-0.4, -0.2) is 16.7 Å². The number of ketones is 1. The highest BCUT2D eigenvalue weighted by Gasteiger charge is 2.37. The molecule has 0 N–H and O–H groups in total. The van der Waals surface area contributed by atoms with E-state index in [1.165, 1.54) is 4.90 Å². The second kappa shape index (κ2) is 5.69. The van der Waals surface area contributed by atoms with Crippen molar-refractivity contribution in [1.82, 2.24) is 4.98 Å². The van der Waals surface area contributed by atoms with Crippen LogP contribution in [0.5, 0.6) is 0 Å². The number of Topliss-reactive ketones (excluding diaryl/α,β-unsaturated/α-hetero) is 1. The van der Waals surface area contributed by atoms with E-state index < -0.39 is 11.7 Å². The van der Waals surface area contributed by atoms with E-state index >= 15 is 0 Å². The van der Waals surface area contributed by atoms with Crippen molar-refractivity contribution < 1.29 is 9.59 Å². The van der Waals surface area contributed by atoms with Gasteiger partial charge in [-0.25, -0.2) is 4.98 Å². The number of hydrogen-bond donors (Lipinski definition) is 0. The van der Waals surface area contributed by atoms with Gasteiger partial charge in [-0.05, 0) is 40.9 Å². The van der Waals surface area contributed by atoms with Crippen LogP contribution in [0.2, 0.25) is 0 Å². The topological polar surface area (TPSA) is 50.3 Å². The van der Waals surface area contributed by atoms with Gasteiger partial charge in [-0.2, -0.15) is 0 Å². The minimum Gasteiger partial charge on any atom is -0.298 e. The quantitative estimate of drug-likeness (QED) is 0.778. The average molecular weight is 365 g/mol. The molecule has 0 saturated carbocycles. The fourth-order valence-corrected chi connectivity index (χ4v) is 3.85. The zero-order valence-electron chi connectivity index (χ0n) is 11.4. The van der Waals surface area contributed by atoms with Gasteiger partial charge in [-0.15, -0.1) is 11.3 Å². The number of benzene rings is 1. The van der Waals surface area contributed by atoms with Crippen molar-refractivity contribution in [3.63, 3.8) is 0 Å². The van der Waals surface area contributed by atoms with Crippen LogP contribution >= 0.6 is 27.3 Å². The lowest BCUT2D eigenvalue weighted by atomic mass is 10.1. The standard InChI is InChI=1S/C15H13BrN2O2S/c1-2-4-12-17-9(8-21-12)7-18-13-10(14(19)15(18)20)5-3-6-11(13)16/h3,5-6,8H,2,4,7H2,1H3. The third-order valence-electron chi connectivity index (χ3n) is 3.32. The van der Waals surface area contributed by atoms with E-state index in [0.29, 0.717) is 17.8 Å². The van der Waals surface area contributed by atoms with Crippen molar-refractivity contribution in [2.24, 2.45) is 0 Å². The average Bonchev–Trinajstić information content (AvgIpc) is 3.00. The number of carbonyl (C=O) groups excluding carboxylic acids is 2. The van der Waals surface area contributed by atoms with Crippen LogP contribution in [0, 0.1) is 0 Å². The molecule has 1 aliphatic heterocycles. The zero-order chi connectivity index (χ0) is 15.0. The Bertz CT molecular complexity index is 726. The van der Waals surface area contributed by atoms with Gasteiger partial charge in [0.1, 0.15) is 0 Å². The molecule has 2 heterocycles. The number of fused-ring (bicyclic) bond motifs is 1. The van der Waals surface area contributed by atoms with Gasteiger partial charge >= 0.3 is 0 Å². The molecule has 3 rings (SSSR count). The normalized spacial score (nSPS) is 13.9. The Hall–Kier alpha value is -1.53.